The van der Waals surface area contributed by atoms with Gasteiger partial charge in [-0.25, -0.2) is 0 Å². The third-order valence-electron chi connectivity index (χ3n) is 2.49. The fraction of sp³-hybridized carbons (Fsp3) is 0.500. The van der Waals surface area contributed by atoms with Crippen molar-refractivity contribution in [2.24, 2.45) is 0 Å². The Balaban J connectivity index is 2.50. The molecule has 0 saturated heterocycles. The summed E-state index contributed by atoms with van der Waals surface area (Å²) in [5.74, 6) is 0.857. The van der Waals surface area contributed by atoms with E-state index in [1.165, 1.54) is 0 Å². The summed E-state index contributed by atoms with van der Waals surface area (Å²) in [6, 6.07) is 7.69. The SMILES string of the molecule is CC(O)CNC(=O)COc1ccccc1C(C)C. The Morgan fingerprint density at radius 1 is 1.33 bits per heavy atom. The molecule has 0 fully saturated rings. The largest absolute Gasteiger partial charge is 0.483 e. The number of ether oxygens (including phenoxy) is 1. The van der Waals surface area contributed by atoms with Crippen molar-refractivity contribution in [3.05, 3.63) is 29.8 Å². The Morgan fingerprint density at radius 2 is 2.00 bits per heavy atom. The summed E-state index contributed by atoms with van der Waals surface area (Å²) in [4.78, 5) is 11.5. The molecule has 100 valence electrons. The first-order valence-electron chi connectivity index (χ1n) is 6.17. The van der Waals surface area contributed by atoms with Crippen LogP contribution >= 0.6 is 0 Å². The topological polar surface area (TPSA) is 58.6 Å². The van der Waals surface area contributed by atoms with Crippen LogP contribution in [0.1, 0.15) is 32.3 Å². The number of nitrogens with one attached hydrogen (secondary N) is 1. The molecule has 1 unspecified atom stereocenters. The van der Waals surface area contributed by atoms with Crippen molar-refractivity contribution in [2.75, 3.05) is 13.2 Å². The van der Waals surface area contributed by atoms with E-state index >= 15 is 0 Å². The minimum absolute atomic E-state index is 0.0313. The van der Waals surface area contributed by atoms with Crippen molar-refractivity contribution < 1.29 is 14.6 Å². The van der Waals surface area contributed by atoms with Crippen LogP contribution in [0.15, 0.2) is 24.3 Å². The number of para-hydroxylation sites is 1. The first-order valence-corrected chi connectivity index (χ1v) is 6.17. The van der Waals surface area contributed by atoms with E-state index in [1.54, 1.807) is 6.92 Å². The number of rotatable bonds is 6. The van der Waals surface area contributed by atoms with Gasteiger partial charge in [0.05, 0.1) is 6.10 Å². The van der Waals surface area contributed by atoms with Crippen molar-refractivity contribution >= 4 is 5.91 Å². The molecule has 1 aromatic carbocycles. The molecule has 0 saturated carbocycles. The maximum Gasteiger partial charge on any atom is 0.258 e. The fourth-order valence-electron chi connectivity index (χ4n) is 1.54. The standard InChI is InChI=1S/C14H21NO3/c1-10(2)12-6-4-5-7-13(12)18-9-14(17)15-8-11(3)16/h4-7,10-11,16H,8-9H2,1-3H3,(H,15,17). The van der Waals surface area contributed by atoms with E-state index in [0.717, 1.165) is 11.3 Å². The highest BCUT2D eigenvalue weighted by molar-refractivity contribution is 5.77. The minimum Gasteiger partial charge on any atom is -0.483 e. The van der Waals surface area contributed by atoms with Crippen molar-refractivity contribution in [3.8, 4) is 5.75 Å². The van der Waals surface area contributed by atoms with E-state index in [1.807, 2.05) is 24.3 Å². The smallest absolute Gasteiger partial charge is 0.258 e. The van der Waals surface area contributed by atoms with Gasteiger partial charge in [0, 0.05) is 6.54 Å². The Morgan fingerprint density at radius 3 is 2.61 bits per heavy atom. The Labute approximate surface area is 108 Å². The number of carbonyl (C=O) groups excluding carboxylic acids is 1. The lowest BCUT2D eigenvalue weighted by atomic mass is 10.0. The molecule has 0 bridgehead atoms. The lowest BCUT2D eigenvalue weighted by Crippen LogP contribution is -2.34. The van der Waals surface area contributed by atoms with Crippen LogP contribution in [-0.2, 0) is 4.79 Å². The second kappa shape index (κ2) is 7.01. The normalized spacial score (nSPS) is 12.3. The highest BCUT2D eigenvalue weighted by Crippen LogP contribution is 2.25. The number of hydrogen-bond donors (Lipinski definition) is 2. The number of aliphatic hydroxyl groups is 1. The average Bonchev–Trinajstić information content (AvgIpc) is 2.34. The monoisotopic (exact) mass is 251 g/mol. The lowest BCUT2D eigenvalue weighted by Gasteiger charge is -2.14. The summed E-state index contributed by atoms with van der Waals surface area (Å²) in [6.07, 6.45) is -0.545. The van der Waals surface area contributed by atoms with Crippen molar-refractivity contribution in [2.45, 2.75) is 32.8 Å². The third kappa shape index (κ3) is 4.75. The molecule has 1 aromatic rings. The third-order valence-corrected chi connectivity index (χ3v) is 2.49. The maximum absolute atomic E-state index is 11.5. The first kappa shape index (κ1) is 14.5. The molecule has 0 heterocycles. The quantitative estimate of drug-likeness (QED) is 0.809. The highest BCUT2D eigenvalue weighted by atomic mass is 16.5. The highest BCUT2D eigenvalue weighted by Gasteiger charge is 2.09. The summed E-state index contributed by atoms with van der Waals surface area (Å²) in [6.45, 7) is 5.99. The Bertz CT molecular complexity index is 388. The van der Waals surface area contributed by atoms with Gasteiger partial charge in [0.1, 0.15) is 5.75 Å². The van der Waals surface area contributed by atoms with Gasteiger partial charge in [0.25, 0.3) is 5.91 Å². The van der Waals surface area contributed by atoms with E-state index in [-0.39, 0.29) is 19.1 Å². The molecule has 1 amide bonds. The minimum atomic E-state index is -0.545. The number of hydrogen-bond acceptors (Lipinski definition) is 3. The second-order valence-electron chi connectivity index (χ2n) is 4.63. The van der Waals surface area contributed by atoms with Gasteiger partial charge < -0.3 is 15.2 Å². The molecule has 4 heteroatoms. The molecule has 0 aliphatic carbocycles. The van der Waals surface area contributed by atoms with Crippen molar-refractivity contribution in [3.63, 3.8) is 0 Å². The van der Waals surface area contributed by atoms with Gasteiger partial charge in [-0.1, -0.05) is 32.0 Å². The van der Waals surface area contributed by atoms with Crippen LogP contribution < -0.4 is 10.1 Å². The van der Waals surface area contributed by atoms with Crippen LogP contribution in [0.2, 0.25) is 0 Å². The molecular formula is C14H21NO3. The van der Waals surface area contributed by atoms with Crippen LogP contribution in [-0.4, -0.2) is 30.3 Å². The summed E-state index contributed by atoms with van der Waals surface area (Å²) < 4.78 is 5.50. The molecular weight excluding hydrogens is 230 g/mol. The molecule has 1 atom stereocenters. The molecule has 0 radical (unpaired) electrons. The first-order chi connectivity index (χ1) is 8.50. The van der Waals surface area contributed by atoms with Gasteiger partial charge in [-0.05, 0) is 24.5 Å². The predicted molar refractivity (Wildman–Crippen MR) is 70.7 cm³/mol. The molecule has 0 spiro atoms. The average molecular weight is 251 g/mol. The summed E-state index contributed by atoms with van der Waals surface area (Å²) >= 11 is 0. The summed E-state index contributed by atoms with van der Waals surface area (Å²) in [5.41, 5.74) is 1.08. The van der Waals surface area contributed by atoms with E-state index in [4.69, 9.17) is 9.84 Å². The van der Waals surface area contributed by atoms with E-state index < -0.39 is 6.10 Å². The Hall–Kier alpha value is -1.55. The predicted octanol–water partition coefficient (Wildman–Crippen LogP) is 1.69. The van der Waals surface area contributed by atoms with Gasteiger partial charge >= 0.3 is 0 Å². The second-order valence-corrected chi connectivity index (χ2v) is 4.63. The number of carbonyl (C=O) groups is 1. The fourth-order valence-corrected chi connectivity index (χ4v) is 1.54. The maximum atomic E-state index is 11.5. The number of aliphatic hydroxyl groups excluding tert-OH is 1. The van der Waals surface area contributed by atoms with E-state index in [2.05, 4.69) is 19.2 Å². The van der Waals surface area contributed by atoms with Crippen LogP contribution in [0, 0.1) is 0 Å². The van der Waals surface area contributed by atoms with Crippen LogP contribution in [0.4, 0.5) is 0 Å². The molecule has 1 rings (SSSR count). The zero-order chi connectivity index (χ0) is 13.5. The number of amides is 1. The van der Waals surface area contributed by atoms with Gasteiger partial charge in [-0.15, -0.1) is 0 Å². The molecule has 4 nitrogen and oxygen atoms in total. The summed E-state index contributed by atoms with van der Waals surface area (Å²) in [7, 11) is 0. The molecule has 0 aliphatic heterocycles. The number of benzene rings is 1. The van der Waals surface area contributed by atoms with E-state index in [9.17, 15) is 4.79 Å². The van der Waals surface area contributed by atoms with Crippen LogP contribution in [0.5, 0.6) is 5.75 Å². The van der Waals surface area contributed by atoms with Crippen molar-refractivity contribution in [1.82, 2.24) is 5.32 Å². The molecule has 2 N–H and O–H groups in total. The molecule has 0 aromatic heterocycles. The van der Waals surface area contributed by atoms with Gasteiger partial charge in [-0.2, -0.15) is 0 Å². The molecule has 18 heavy (non-hydrogen) atoms. The van der Waals surface area contributed by atoms with Crippen LogP contribution in [0.3, 0.4) is 0 Å². The lowest BCUT2D eigenvalue weighted by molar-refractivity contribution is -0.123. The summed E-state index contributed by atoms with van der Waals surface area (Å²) in [5, 5.41) is 11.6. The van der Waals surface area contributed by atoms with Gasteiger partial charge in [0.2, 0.25) is 0 Å². The molecule has 0 aliphatic rings. The Kier molecular flexibility index (Phi) is 5.65. The van der Waals surface area contributed by atoms with Gasteiger partial charge in [-0.3, -0.25) is 4.79 Å². The zero-order valence-corrected chi connectivity index (χ0v) is 11.1. The zero-order valence-electron chi connectivity index (χ0n) is 11.1. The van der Waals surface area contributed by atoms with Crippen molar-refractivity contribution in [1.29, 1.82) is 0 Å². The van der Waals surface area contributed by atoms with Crippen LogP contribution in [0.25, 0.3) is 0 Å². The van der Waals surface area contributed by atoms with E-state index in [0.29, 0.717) is 5.92 Å². The van der Waals surface area contributed by atoms with Gasteiger partial charge in [0.15, 0.2) is 6.61 Å².